The van der Waals surface area contributed by atoms with E-state index in [0.717, 1.165) is 11.5 Å². The molecule has 0 spiro atoms. The normalized spacial score (nSPS) is 10.5. The Labute approximate surface area is 173 Å². The molecule has 156 valence electrons. The summed E-state index contributed by atoms with van der Waals surface area (Å²) in [5.41, 5.74) is 2.45. The lowest BCUT2D eigenvalue weighted by molar-refractivity contribution is -0.119. The van der Waals surface area contributed by atoms with Crippen LogP contribution < -0.4 is 5.32 Å². The molecule has 0 saturated heterocycles. The Bertz CT molecular complexity index is 1070. The van der Waals surface area contributed by atoms with E-state index in [1.165, 1.54) is 13.2 Å². The van der Waals surface area contributed by atoms with Crippen LogP contribution in [0.25, 0.3) is 0 Å². The summed E-state index contributed by atoms with van der Waals surface area (Å²) in [6.07, 6.45) is 1.59. The van der Waals surface area contributed by atoms with Crippen molar-refractivity contribution in [1.82, 2.24) is 4.57 Å². The Kier molecular flexibility index (Phi) is 6.36. The molecule has 0 atom stereocenters. The van der Waals surface area contributed by atoms with E-state index in [-0.39, 0.29) is 11.3 Å². The molecule has 1 amide bonds. The van der Waals surface area contributed by atoms with Crippen LogP contribution in [0.4, 0.5) is 5.69 Å². The summed E-state index contributed by atoms with van der Waals surface area (Å²) in [4.78, 5) is 36.5. The second-order valence-electron chi connectivity index (χ2n) is 6.61. The number of carbonyl (C=O) groups is 3. The third kappa shape index (κ3) is 4.60. The van der Waals surface area contributed by atoms with E-state index in [1.54, 1.807) is 43.5 Å². The number of benzene rings is 1. The highest BCUT2D eigenvalue weighted by molar-refractivity contribution is 6.02. The summed E-state index contributed by atoms with van der Waals surface area (Å²) in [6.45, 7) is 3.68. The zero-order valence-electron chi connectivity index (χ0n) is 16.9. The third-order valence-electron chi connectivity index (χ3n) is 4.63. The summed E-state index contributed by atoms with van der Waals surface area (Å²) in [6, 6.07) is 11.8. The summed E-state index contributed by atoms with van der Waals surface area (Å²) in [7, 11) is 1.26. The number of nitrogens with zero attached hydrogens (tertiary/aromatic N) is 1. The van der Waals surface area contributed by atoms with Gasteiger partial charge in [-0.15, -0.1) is 0 Å². The van der Waals surface area contributed by atoms with Gasteiger partial charge >= 0.3 is 11.9 Å². The van der Waals surface area contributed by atoms with Gasteiger partial charge < -0.3 is 23.8 Å². The van der Waals surface area contributed by atoms with E-state index in [1.807, 2.05) is 17.6 Å². The van der Waals surface area contributed by atoms with E-state index < -0.39 is 24.5 Å². The maximum atomic E-state index is 12.5. The number of esters is 2. The van der Waals surface area contributed by atoms with E-state index in [9.17, 15) is 14.4 Å². The quantitative estimate of drug-likeness (QED) is 0.600. The van der Waals surface area contributed by atoms with Gasteiger partial charge in [-0.1, -0.05) is 12.1 Å². The molecule has 2 aromatic heterocycles. The highest BCUT2D eigenvalue weighted by Crippen LogP contribution is 2.19. The highest BCUT2D eigenvalue weighted by Gasteiger charge is 2.19. The minimum Gasteiger partial charge on any atom is -0.467 e. The number of amides is 1. The van der Waals surface area contributed by atoms with Crippen LogP contribution in [0.15, 0.2) is 53.1 Å². The first-order valence-electron chi connectivity index (χ1n) is 9.24. The Balaban J connectivity index is 1.64. The average molecular weight is 410 g/mol. The predicted octanol–water partition coefficient (Wildman–Crippen LogP) is 3.33. The first-order chi connectivity index (χ1) is 14.4. The van der Waals surface area contributed by atoms with Crippen LogP contribution in [0.2, 0.25) is 0 Å². The highest BCUT2D eigenvalue weighted by atomic mass is 16.5. The fourth-order valence-corrected chi connectivity index (χ4v) is 3.08. The average Bonchev–Trinajstić information content (AvgIpc) is 3.35. The lowest BCUT2D eigenvalue weighted by Gasteiger charge is -2.10. The maximum absolute atomic E-state index is 12.5. The molecule has 0 aliphatic heterocycles. The minimum atomic E-state index is -0.606. The molecule has 3 aromatic rings. The van der Waals surface area contributed by atoms with Gasteiger partial charge in [-0.2, -0.15) is 0 Å². The number of ether oxygens (including phenoxy) is 2. The number of furan rings is 1. The van der Waals surface area contributed by atoms with Crippen molar-refractivity contribution in [2.24, 2.45) is 0 Å². The number of hydrogen-bond acceptors (Lipinski definition) is 6. The number of aromatic nitrogens is 1. The van der Waals surface area contributed by atoms with Crippen molar-refractivity contribution in [3.05, 3.63) is 77.0 Å². The number of nitrogens with one attached hydrogen (secondary N) is 1. The Morgan fingerprint density at radius 1 is 1.03 bits per heavy atom. The zero-order chi connectivity index (χ0) is 21.7. The van der Waals surface area contributed by atoms with Gasteiger partial charge in [-0.25, -0.2) is 9.59 Å². The summed E-state index contributed by atoms with van der Waals surface area (Å²) in [5.74, 6) is -0.985. The molecule has 0 bridgehead atoms. The largest absolute Gasteiger partial charge is 0.467 e. The van der Waals surface area contributed by atoms with E-state index in [2.05, 4.69) is 5.32 Å². The van der Waals surface area contributed by atoms with Crippen LogP contribution in [0, 0.1) is 13.8 Å². The number of rotatable bonds is 7. The molecule has 0 aliphatic rings. The molecular formula is C22H22N2O6. The predicted molar refractivity (Wildman–Crippen MR) is 108 cm³/mol. The number of carbonyl (C=O) groups excluding carboxylic acids is 3. The molecule has 30 heavy (non-hydrogen) atoms. The second-order valence-corrected chi connectivity index (χ2v) is 6.61. The molecule has 0 aliphatic carbocycles. The van der Waals surface area contributed by atoms with Gasteiger partial charge in [0.05, 0.1) is 36.7 Å². The van der Waals surface area contributed by atoms with Gasteiger partial charge in [0, 0.05) is 11.4 Å². The molecule has 0 fully saturated rings. The number of anilines is 1. The molecule has 8 nitrogen and oxygen atoms in total. The molecular weight excluding hydrogens is 388 g/mol. The molecule has 8 heteroatoms. The summed E-state index contributed by atoms with van der Waals surface area (Å²) >= 11 is 0. The second kappa shape index (κ2) is 9.13. The molecule has 0 unspecified atom stereocenters. The number of aryl methyl sites for hydroxylation is 1. The lowest BCUT2D eigenvalue weighted by Crippen LogP contribution is -2.22. The van der Waals surface area contributed by atoms with Crippen molar-refractivity contribution in [2.75, 3.05) is 19.0 Å². The van der Waals surface area contributed by atoms with Gasteiger partial charge in [0.25, 0.3) is 5.91 Å². The van der Waals surface area contributed by atoms with Crippen LogP contribution in [0.5, 0.6) is 0 Å². The van der Waals surface area contributed by atoms with Gasteiger partial charge in [0.1, 0.15) is 5.76 Å². The lowest BCUT2D eigenvalue weighted by atomic mass is 10.2. The number of methoxy groups -OCH3 is 1. The van der Waals surface area contributed by atoms with Gasteiger partial charge in [0.15, 0.2) is 6.61 Å². The van der Waals surface area contributed by atoms with Crippen LogP contribution >= 0.6 is 0 Å². The first kappa shape index (κ1) is 20.9. The van der Waals surface area contributed by atoms with E-state index in [0.29, 0.717) is 17.8 Å². The van der Waals surface area contributed by atoms with E-state index >= 15 is 0 Å². The summed E-state index contributed by atoms with van der Waals surface area (Å²) < 4.78 is 17.2. The molecule has 0 saturated carbocycles. The Hall–Kier alpha value is -3.81. The maximum Gasteiger partial charge on any atom is 0.340 e. The molecule has 2 heterocycles. The fraction of sp³-hybridized carbons (Fsp3) is 0.227. The van der Waals surface area contributed by atoms with Crippen molar-refractivity contribution in [3.8, 4) is 0 Å². The number of hydrogen-bond donors (Lipinski definition) is 1. The smallest absolute Gasteiger partial charge is 0.340 e. The van der Waals surface area contributed by atoms with Crippen LogP contribution in [0.1, 0.15) is 37.9 Å². The molecule has 1 N–H and O–H groups in total. The standard InChI is InChI=1S/C22H22N2O6/c1-14-11-18(15(2)24(14)12-16-7-6-10-29-16)22(27)30-13-20(25)23-19-9-5-4-8-17(19)21(26)28-3/h4-11H,12-13H2,1-3H3,(H,23,25). The van der Waals surface area contributed by atoms with Crippen molar-refractivity contribution in [1.29, 1.82) is 0 Å². The Morgan fingerprint density at radius 2 is 1.80 bits per heavy atom. The van der Waals surface area contributed by atoms with Gasteiger partial charge in [0.2, 0.25) is 0 Å². The third-order valence-corrected chi connectivity index (χ3v) is 4.63. The van der Waals surface area contributed by atoms with E-state index in [4.69, 9.17) is 13.9 Å². The van der Waals surface area contributed by atoms with Crippen molar-refractivity contribution in [3.63, 3.8) is 0 Å². The van der Waals surface area contributed by atoms with Crippen LogP contribution in [-0.4, -0.2) is 36.1 Å². The van der Waals surface area contributed by atoms with Crippen LogP contribution in [0.3, 0.4) is 0 Å². The van der Waals surface area contributed by atoms with Crippen molar-refractivity contribution >= 4 is 23.5 Å². The number of para-hydroxylation sites is 1. The Morgan fingerprint density at radius 3 is 2.50 bits per heavy atom. The van der Waals surface area contributed by atoms with Crippen molar-refractivity contribution in [2.45, 2.75) is 20.4 Å². The van der Waals surface area contributed by atoms with Gasteiger partial charge in [-0.3, -0.25) is 4.79 Å². The monoisotopic (exact) mass is 410 g/mol. The van der Waals surface area contributed by atoms with Gasteiger partial charge in [-0.05, 0) is 44.2 Å². The van der Waals surface area contributed by atoms with Crippen molar-refractivity contribution < 1.29 is 28.3 Å². The van der Waals surface area contributed by atoms with Crippen LogP contribution in [-0.2, 0) is 20.8 Å². The zero-order valence-corrected chi connectivity index (χ0v) is 16.9. The first-order valence-corrected chi connectivity index (χ1v) is 9.24. The topological polar surface area (TPSA) is 99.8 Å². The SMILES string of the molecule is COC(=O)c1ccccc1NC(=O)COC(=O)c1cc(C)n(Cc2ccco2)c1C. The fourth-order valence-electron chi connectivity index (χ4n) is 3.08. The molecule has 1 aromatic carbocycles. The summed E-state index contributed by atoms with van der Waals surface area (Å²) in [5, 5.41) is 2.56. The minimum absolute atomic E-state index is 0.209. The molecule has 0 radical (unpaired) electrons. The molecule has 3 rings (SSSR count).